The molecule has 0 fully saturated rings. The van der Waals surface area contributed by atoms with E-state index in [2.05, 4.69) is 50.5 Å². The van der Waals surface area contributed by atoms with Crippen LogP contribution in [0.25, 0.3) is 22.2 Å². The van der Waals surface area contributed by atoms with Crippen molar-refractivity contribution in [3.63, 3.8) is 0 Å². The van der Waals surface area contributed by atoms with E-state index in [4.69, 9.17) is 0 Å². The molecular weight excluding hydrogens is 378 g/mol. The van der Waals surface area contributed by atoms with E-state index in [-0.39, 0.29) is 11.9 Å². The number of aromatic nitrogens is 1. The number of rotatable bonds is 6. The average Bonchev–Trinajstić information content (AvgIpc) is 3.35. The maximum atomic E-state index is 13.4. The number of nitrogens with zero attached hydrogens (tertiary/aromatic N) is 2. The Morgan fingerprint density at radius 2 is 1.76 bits per heavy atom. The van der Waals surface area contributed by atoms with Crippen LogP contribution in [0.4, 0.5) is 0 Å². The van der Waals surface area contributed by atoms with Crippen molar-refractivity contribution in [2.75, 3.05) is 20.6 Å². The fourth-order valence-corrected chi connectivity index (χ4v) is 4.78. The zero-order chi connectivity index (χ0) is 20.4. The lowest BCUT2D eigenvalue weighted by molar-refractivity contribution is 0.0944. The van der Waals surface area contributed by atoms with Crippen LogP contribution in [0.1, 0.15) is 21.3 Å². The molecule has 0 spiro atoms. The standard InChI is InChI=1S/C24H25N3OS/c1-26(2)20(21-14-9-15-29-21)16-25-24(28)22-18-12-7-8-13-19(18)27(3)23(22)17-10-5-4-6-11-17/h4-15,20H,16H2,1-3H3,(H,25,28)/t20-/m0/s1. The molecule has 1 amide bonds. The molecule has 0 saturated heterocycles. The van der Waals surface area contributed by atoms with Gasteiger partial charge < -0.3 is 14.8 Å². The fourth-order valence-electron chi connectivity index (χ4n) is 3.85. The highest BCUT2D eigenvalue weighted by molar-refractivity contribution is 7.10. The molecule has 1 N–H and O–H groups in total. The third kappa shape index (κ3) is 3.71. The first-order chi connectivity index (χ1) is 14.1. The number of carbonyl (C=O) groups excluding carboxylic acids is 1. The Hall–Kier alpha value is -2.89. The van der Waals surface area contributed by atoms with Gasteiger partial charge in [0.2, 0.25) is 0 Å². The molecule has 0 aliphatic heterocycles. The SMILES string of the molecule is CN(C)[C@@H](CNC(=O)c1c(-c2ccccc2)n(C)c2ccccc12)c1cccs1. The third-order valence-corrected chi connectivity index (χ3v) is 6.31. The highest BCUT2D eigenvalue weighted by Gasteiger charge is 2.23. The van der Waals surface area contributed by atoms with E-state index in [1.807, 2.05) is 57.5 Å². The van der Waals surface area contributed by atoms with Crippen LogP contribution >= 0.6 is 11.3 Å². The van der Waals surface area contributed by atoms with E-state index in [1.54, 1.807) is 11.3 Å². The summed E-state index contributed by atoms with van der Waals surface area (Å²) in [5.74, 6) is -0.0379. The van der Waals surface area contributed by atoms with Crippen LogP contribution in [0.5, 0.6) is 0 Å². The summed E-state index contributed by atoms with van der Waals surface area (Å²) in [5.41, 5.74) is 3.78. The lowest BCUT2D eigenvalue weighted by atomic mass is 10.0. The van der Waals surface area contributed by atoms with E-state index >= 15 is 0 Å². The summed E-state index contributed by atoms with van der Waals surface area (Å²) in [6.45, 7) is 0.559. The average molecular weight is 404 g/mol. The molecule has 2 aromatic heterocycles. The minimum atomic E-state index is -0.0379. The van der Waals surface area contributed by atoms with Gasteiger partial charge in [0, 0.05) is 29.4 Å². The van der Waals surface area contributed by atoms with Gasteiger partial charge in [-0.1, -0.05) is 54.6 Å². The van der Waals surface area contributed by atoms with Gasteiger partial charge in [0.1, 0.15) is 0 Å². The number of amides is 1. The lowest BCUT2D eigenvalue weighted by Crippen LogP contribution is -2.34. The van der Waals surface area contributed by atoms with Gasteiger partial charge in [-0.3, -0.25) is 4.79 Å². The second-order valence-corrected chi connectivity index (χ2v) is 8.35. The van der Waals surface area contributed by atoms with Gasteiger partial charge in [-0.15, -0.1) is 11.3 Å². The number of nitrogens with one attached hydrogen (secondary N) is 1. The van der Waals surface area contributed by atoms with Crippen molar-refractivity contribution in [2.45, 2.75) is 6.04 Å². The van der Waals surface area contributed by atoms with E-state index in [9.17, 15) is 4.79 Å². The molecule has 29 heavy (non-hydrogen) atoms. The Bertz CT molecular complexity index is 1110. The zero-order valence-corrected chi connectivity index (χ0v) is 17.7. The highest BCUT2D eigenvalue weighted by atomic mass is 32.1. The van der Waals surface area contributed by atoms with Crippen LogP contribution in [0.15, 0.2) is 72.1 Å². The van der Waals surface area contributed by atoms with Gasteiger partial charge in [-0.2, -0.15) is 0 Å². The molecule has 0 unspecified atom stereocenters. The van der Waals surface area contributed by atoms with Crippen molar-refractivity contribution in [1.29, 1.82) is 0 Å². The summed E-state index contributed by atoms with van der Waals surface area (Å²) in [4.78, 5) is 16.8. The number of hydrogen-bond donors (Lipinski definition) is 1. The first kappa shape index (κ1) is 19.4. The van der Waals surface area contributed by atoms with E-state index in [0.717, 1.165) is 27.7 Å². The number of thiophene rings is 1. The van der Waals surface area contributed by atoms with E-state index in [1.165, 1.54) is 4.88 Å². The predicted octanol–water partition coefficient (Wildman–Crippen LogP) is 4.94. The van der Waals surface area contributed by atoms with Crippen molar-refractivity contribution in [3.05, 3.63) is 82.6 Å². The Kier molecular flexibility index (Phi) is 5.51. The molecule has 0 aliphatic carbocycles. The number of benzene rings is 2. The molecule has 4 rings (SSSR count). The first-order valence-electron chi connectivity index (χ1n) is 9.68. The predicted molar refractivity (Wildman–Crippen MR) is 121 cm³/mol. The molecule has 4 nitrogen and oxygen atoms in total. The molecule has 0 aliphatic rings. The highest BCUT2D eigenvalue weighted by Crippen LogP contribution is 2.33. The topological polar surface area (TPSA) is 37.3 Å². The van der Waals surface area contributed by atoms with Crippen molar-refractivity contribution in [2.24, 2.45) is 7.05 Å². The van der Waals surface area contributed by atoms with Gasteiger partial charge in [0.25, 0.3) is 5.91 Å². The van der Waals surface area contributed by atoms with Crippen LogP contribution in [0.2, 0.25) is 0 Å². The monoisotopic (exact) mass is 403 g/mol. The van der Waals surface area contributed by atoms with E-state index in [0.29, 0.717) is 6.54 Å². The number of hydrogen-bond acceptors (Lipinski definition) is 3. The number of aryl methyl sites for hydroxylation is 1. The molecular formula is C24H25N3OS. The van der Waals surface area contributed by atoms with Crippen LogP contribution in [-0.2, 0) is 7.05 Å². The second-order valence-electron chi connectivity index (χ2n) is 7.37. The van der Waals surface area contributed by atoms with Gasteiger partial charge in [-0.05, 0) is 37.2 Å². The fraction of sp³-hybridized carbons (Fsp3) is 0.208. The van der Waals surface area contributed by atoms with Gasteiger partial charge in [-0.25, -0.2) is 0 Å². The Labute approximate surface area is 175 Å². The molecule has 0 saturated carbocycles. The van der Waals surface area contributed by atoms with E-state index < -0.39 is 0 Å². The van der Waals surface area contributed by atoms with Crippen LogP contribution in [0.3, 0.4) is 0 Å². The second kappa shape index (κ2) is 8.23. The van der Waals surface area contributed by atoms with Gasteiger partial charge >= 0.3 is 0 Å². The summed E-state index contributed by atoms with van der Waals surface area (Å²) in [6, 6.07) is 22.5. The van der Waals surface area contributed by atoms with Crippen LogP contribution in [0, 0.1) is 0 Å². The molecule has 2 heterocycles. The molecule has 4 aromatic rings. The van der Waals surface area contributed by atoms with Gasteiger partial charge in [0.05, 0.1) is 17.3 Å². The molecule has 2 aromatic carbocycles. The summed E-state index contributed by atoms with van der Waals surface area (Å²) in [6.07, 6.45) is 0. The van der Waals surface area contributed by atoms with Gasteiger partial charge in [0.15, 0.2) is 0 Å². The number of likely N-dealkylation sites (N-methyl/N-ethyl adjacent to an activating group) is 1. The minimum Gasteiger partial charge on any atom is -0.350 e. The van der Waals surface area contributed by atoms with Crippen LogP contribution < -0.4 is 5.32 Å². The number of fused-ring (bicyclic) bond motifs is 1. The smallest absolute Gasteiger partial charge is 0.254 e. The van der Waals surface area contributed by atoms with Crippen molar-refractivity contribution >= 4 is 28.1 Å². The largest absolute Gasteiger partial charge is 0.350 e. The molecule has 1 atom stereocenters. The van der Waals surface area contributed by atoms with Crippen molar-refractivity contribution in [1.82, 2.24) is 14.8 Å². The summed E-state index contributed by atoms with van der Waals surface area (Å²) in [5, 5.41) is 6.25. The quantitative estimate of drug-likeness (QED) is 0.495. The maximum Gasteiger partial charge on any atom is 0.254 e. The number of carbonyl (C=O) groups is 1. The van der Waals surface area contributed by atoms with Crippen LogP contribution in [-0.4, -0.2) is 36.0 Å². The molecule has 0 bridgehead atoms. The van der Waals surface area contributed by atoms with Crippen molar-refractivity contribution in [3.8, 4) is 11.3 Å². The number of para-hydroxylation sites is 1. The maximum absolute atomic E-state index is 13.4. The first-order valence-corrected chi connectivity index (χ1v) is 10.6. The third-order valence-electron chi connectivity index (χ3n) is 5.33. The normalized spacial score (nSPS) is 12.4. The van der Waals surface area contributed by atoms with Crippen molar-refractivity contribution < 1.29 is 4.79 Å². The summed E-state index contributed by atoms with van der Waals surface area (Å²) >= 11 is 1.72. The summed E-state index contributed by atoms with van der Waals surface area (Å²) < 4.78 is 2.11. The molecule has 5 heteroatoms. The zero-order valence-electron chi connectivity index (χ0n) is 16.9. The molecule has 148 valence electrons. The summed E-state index contributed by atoms with van der Waals surface area (Å²) in [7, 11) is 6.11. The Morgan fingerprint density at radius 1 is 1.03 bits per heavy atom. The Balaban J connectivity index is 1.72. The minimum absolute atomic E-state index is 0.0379. The lowest BCUT2D eigenvalue weighted by Gasteiger charge is -2.23. The molecule has 0 radical (unpaired) electrons. The Morgan fingerprint density at radius 3 is 2.45 bits per heavy atom.